The Morgan fingerprint density at radius 3 is 2.31 bits per heavy atom. The van der Waals surface area contributed by atoms with Crippen molar-refractivity contribution in [1.82, 2.24) is 15.1 Å². The molecule has 1 aromatic heterocycles. The van der Waals surface area contributed by atoms with Crippen LogP contribution in [0.2, 0.25) is 0 Å². The van der Waals surface area contributed by atoms with Crippen LogP contribution in [-0.2, 0) is 4.79 Å². The van der Waals surface area contributed by atoms with Crippen LogP contribution < -0.4 is 14.8 Å². The van der Waals surface area contributed by atoms with Crippen LogP contribution >= 0.6 is 0 Å². The molecule has 2 aromatic rings. The Balaban J connectivity index is 1.90. The van der Waals surface area contributed by atoms with E-state index in [2.05, 4.69) is 19.2 Å². The van der Waals surface area contributed by atoms with E-state index in [1.165, 1.54) is 32.1 Å². The van der Waals surface area contributed by atoms with Crippen molar-refractivity contribution in [3.05, 3.63) is 30.0 Å². The average molecular weight is 500 g/mol. The summed E-state index contributed by atoms with van der Waals surface area (Å²) in [4.78, 5) is 24.9. The Morgan fingerprint density at radius 2 is 1.75 bits per heavy atom. The van der Waals surface area contributed by atoms with Crippen LogP contribution in [0, 0.1) is 5.92 Å². The summed E-state index contributed by atoms with van der Waals surface area (Å²) in [6, 6.07) is 6.98. The Morgan fingerprint density at radius 1 is 1.11 bits per heavy atom. The summed E-state index contributed by atoms with van der Waals surface area (Å²) in [6.45, 7) is 4.18. The number of ether oxygens (including phenoxy) is 2. The van der Waals surface area contributed by atoms with Gasteiger partial charge in [-0.3, -0.25) is 14.3 Å². The second kappa shape index (κ2) is 13.3. The van der Waals surface area contributed by atoms with Crippen molar-refractivity contribution in [3.63, 3.8) is 0 Å². The number of aliphatic carboxylic acids is 1. The van der Waals surface area contributed by atoms with Gasteiger partial charge >= 0.3 is 5.97 Å². The number of hydrogen-bond acceptors (Lipinski definition) is 5. The molecule has 1 atom stereocenters. The zero-order valence-corrected chi connectivity index (χ0v) is 22.1. The number of methoxy groups -OCH3 is 2. The Kier molecular flexibility index (Phi) is 10.2. The van der Waals surface area contributed by atoms with Crippen LogP contribution in [0.3, 0.4) is 0 Å². The van der Waals surface area contributed by atoms with E-state index in [0.29, 0.717) is 23.8 Å². The molecule has 1 unspecified atom stereocenters. The summed E-state index contributed by atoms with van der Waals surface area (Å²) in [5, 5.41) is 17.1. The molecule has 0 bridgehead atoms. The van der Waals surface area contributed by atoms with Gasteiger partial charge in [-0.05, 0) is 49.8 Å². The molecule has 8 nitrogen and oxygen atoms in total. The monoisotopic (exact) mass is 499 g/mol. The fourth-order valence-corrected chi connectivity index (χ4v) is 5.32. The van der Waals surface area contributed by atoms with Gasteiger partial charge in [-0.25, -0.2) is 0 Å². The molecule has 2 N–H and O–H groups in total. The van der Waals surface area contributed by atoms with Crippen molar-refractivity contribution in [1.29, 1.82) is 0 Å². The lowest BCUT2D eigenvalue weighted by Gasteiger charge is -2.24. The van der Waals surface area contributed by atoms with E-state index in [1.54, 1.807) is 20.3 Å². The molecular formula is C28H41N3O5. The molecule has 0 saturated heterocycles. The van der Waals surface area contributed by atoms with E-state index < -0.39 is 12.0 Å². The molecule has 1 aromatic carbocycles. The molecular weight excluding hydrogens is 458 g/mol. The van der Waals surface area contributed by atoms with Gasteiger partial charge < -0.3 is 19.9 Å². The molecule has 1 saturated carbocycles. The molecule has 1 amide bonds. The number of aromatic nitrogens is 2. The lowest BCUT2D eigenvalue weighted by Crippen LogP contribution is -2.37. The molecule has 3 rings (SSSR count). The van der Waals surface area contributed by atoms with Gasteiger partial charge in [0, 0.05) is 6.04 Å². The SMILES string of the molecule is CCC(CC)n1nc(C(=O)NC(CCC2CCCCC2)CC(=O)O)cc1-c1c(OC)cccc1OC. The topological polar surface area (TPSA) is 103 Å². The van der Waals surface area contributed by atoms with E-state index in [-0.39, 0.29) is 24.1 Å². The van der Waals surface area contributed by atoms with E-state index in [4.69, 9.17) is 14.6 Å². The van der Waals surface area contributed by atoms with Crippen LogP contribution in [0.1, 0.15) is 94.6 Å². The molecule has 0 radical (unpaired) electrons. The number of carboxylic acid groups (broad SMARTS) is 1. The quantitative estimate of drug-likeness (QED) is 0.358. The van der Waals surface area contributed by atoms with E-state index >= 15 is 0 Å². The van der Waals surface area contributed by atoms with Gasteiger partial charge in [-0.2, -0.15) is 5.10 Å². The van der Waals surface area contributed by atoms with Crippen molar-refractivity contribution < 1.29 is 24.2 Å². The normalized spacial score (nSPS) is 15.0. The minimum Gasteiger partial charge on any atom is -0.496 e. The van der Waals surface area contributed by atoms with Crippen LogP contribution in [-0.4, -0.2) is 47.0 Å². The van der Waals surface area contributed by atoms with Gasteiger partial charge in [-0.15, -0.1) is 0 Å². The van der Waals surface area contributed by atoms with Gasteiger partial charge in [0.05, 0.1) is 37.9 Å². The van der Waals surface area contributed by atoms with Crippen molar-refractivity contribution >= 4 is 11.9 Å². The number of amides is 1. The highest BCUT2D eigenvalue weighted by Gasteiger charge is 2.26. The van der Waals surface area contributed by atoms with Gasteiger partial charge in [0.1, 0.15) is 11.5 Å². The molecule has 36 heavy (non-hydrogen) atoms. The summed E-state index contributed by atoms with van der Waals surface area (Å²) in [6.07, 6.45) is 9.32. The zero-order valence-electron chi connectivity index (χ0n) is 22.1. The highest BCUT2D eigenvalue weighted by Crippen LogP contribution is 2.40. The summed E-state index contributed by atoms with van der Waals surface area (Å²) < 4.78 is 13.1. The Labute approximate surface area is 214 Å². The summed E-state index contributed by atoms with van der Waals surface area (Å²) in [5.41, 5.74) is 1.73. The van der Waals surface area contributed by atoms with Crippen LogP contribution in [0.25, 0.3) is 11.3 Å². The van der Waals surface area contributed by atoms with Crippen LogP contribution in [0.5, 0.6) is 11.5 Å². The molecule has 8 heteroatoms. The summed E-state index contributed by atoms with van der Waals surface area (Å²) >= 11 is 0. The first kappa shape index (κ1) is 27.6. The number of nitrogens with zero attached hydrogens (tertiary/aromatic N) is 2. The van der Waals surface area contributed by atoms with E-state index in [0.717, 1.165) is 30.5 Å². The van der Waals surface area contributed by atoms with Gasteiger partial charge in [0.2, 0.25) is 0 Å². The van der Waals surface area contributed by atoms with Crippen molar-refractivity contribution in [2.45, 2.75) is 90.1 Å². The highest BCUT2D eigenvalue weighted by atomic mass is 16.5. The van der Waals surface area contributed by atoms with Crippen molar-refractivity contribution in [3.8, 4) is 22.8 Å². The molecule has 0 aliphatic heterocycles. The predicted molar refractivity (Wildman–Crippen MR) is 140 cm³/mol. The van der Waals surface area contributed by atoms with Gasteiger partial charge in [-0.1, -0.05) is 52.0 Å². The summed E-state index contributed by atoms with van der Waals surface area (Å²) in [7, 11) is 3.21. The third-order valence-corrected chi connectivity index (χ3v) is 7.35. The fourth-order valence-electron chi connectivity index (χ4n) is 5.32. The number of carbonyl (C=O) groups is 2. The van der Waals surface area contributed by atoms with Crippen LogP contribution in [0.15, 0.2) is 24.3 Å². The number of benzene rings is 1. The molecule has 1 fully saturated rings. The molecule has 198 valence electrons. The largest absolute Gasteiger partial charge is 0.496 e. The van der Waals surface area contributed by atoms with Crippen molar-refractivity contribution in [2.75, 3.05) is 14.2 Å². The van der Waals surface area contributed by atoms with Gasteiger partial charge in [0.15, 0.2) is 5.69 Å². The second-order valence-electron chi connectivity index (χ2n) is 9.72. The molecule has 1 aliphatic rings. The third-order valence-electron chi connectivity index (χ3n) is 7.35. The Hall–Kier alpha value is -3.03. The number of carbonyl (C=O) groups excluding carboxylic acids is 1. The van der Waals surface area contributed by atoms with E-state index in [9.17, 15) is 14.7 Å². The third kappa shape index (κ3) is 6.80. The first-order valence-electron chi connectivity index (χ1n) is 13.2. The minimum atomic E-state index is -0.911. The maximum absolute atomic E-state index is 13.4. The molecule has 1 heterocycles. The van der Waals surface area contributed by atoms with E-state index in [1.807, 2.05) is 22.9 Å². The van der Waals surface area contributed by atoms with Crippen LogP contribution in [0.4, 0.5) is 0 Å². The first-order chi connectivity index (χ1) is 17.4. The molecule has 0 spiro atoms. The number of rotatable bonds is 13. The maximum atomic E-state index is 13.4. The lowest BCUT2D eigenvalue weighted by atomic mass is 9.85. The van der Waals surface area contributed by atoms with Gasteiger partial charge in [0.25, 0.3) is 5.91 Å². The summed E-state index contributed by atoms with van der Waals surface area (Å²) in [5.74, 6) is 0.607. The average Bonchev–Trinajstić information content (AvgIpc) is 3.32. The minimum absolute atomic E-state index is 0.0808. The fraction of sp³-hybridized carbons (Fsp3) is 0.607. The number of carboxylic acids is 1. The zero-order chi connectivity index (χ0) is 26.1. The predicted octanol–water partition coefficient (Wildman–Crippen LogP) is 5.86. The highest BCUT2D eigenvalue weighted by molar-refractivity contribution is 5.94. The number of nitrogens with one attached hydrogen (secondary N) is 1. The second-order valence-corrected chi connectivity index (χ2v) is 9.72. The standard InChI is InChI=1S/C28H41N3O5/c1-5-21(6-2)31-23(27-24(35-3)13-10-14-25(27)36-4)18-22(30-31)28(34)29-20(17-26(32)33)16-15-19-11-8-7-9-12-19/h10,13-14,18-21H,5-9,11-12,15-17H2,1-4H3,(H,29,34)(H,32,33). The Bertz CT molecular complexity index is 986. The number of hydrogen-bond donors (Lipinski definition) is 2. The first-order valence-corrected chi connectivity index (χ1v) is 13.2. The van der Waals surface area contributed by atoms with Crippen molar-refractivity contribution in [2.24, 2.45) is 5.92 Å². The molecule has 1 aliphatic carbocycles. The maximum Gasteiger partial charge on any atom is 0.305 e. The lowest BCUT2D eigenvalue weighted by molar-refractivity contribution is -0.137. The smallest absolute Gasteiger partial charge is 0.305 e.